The summed E-state index contributed by atoms with van der Waals surface area (Å²) in [7, 11) is 0. The number of aryl methyl sites for hydroxylation is 1. The van der Waals surface area contributed by atoms with Crippen LogP contribution in [0.15, 0.2) is 54.2 Å². The van der Waals surface area contributed by atoms with Gasteiger partial charge in [-0.3, -0.25) is 4.79 Å². The fourth-order valence-corrected chi connectivity index (χ4v) is 3.08. The van der Waals surface area contributed by atoms with Crippen molar-refractivity contribution in [2.45, 2.75) is 26.7 Å². The maximum Gasteiger partial charge on any atom is 0.340 e. The molecular formula is C22H22IN3O3. The predicted octanol–water partition coefficient (Wildman–Crippen LogP) is 5.01. The normalized spacial score (nSPS) is 10.8. The number of nitrogens with zero attached hydrogens (tertiary/aromatic N) is 1. The van der Waals surface area contributed by atoms with Crippen LogP contribution < -0.4 is 10.6 Å². The third-order valence-electron chi connectivity index (χ3n) is 4.05. The predicted molar refractivity (Wildman–Crippen MR) is 121 cm³/mol. The van der Waals surface area contributed by atoms with Crippen LogP contribution in [-0.2, 0) is 9.53 Å². The van der Waals surface area contributed by atoms with Gasteiger partial charge in [0.15, 0.2) is 0 Å². The number of rotatable bonds is 8. The van der Waals surface area contributed by atoms with Crippen LogP contribution in [0, 0.1) is 21.8 Å². The fraction of sp³-hybridized carbons (Fsp3) is 0.227. The van der Waals surface area contributed by atoms with Crippen molar-refractivity contribution in [3.8, 4) is 6.07 Å². The SMILES string of the molecule is CCCCOC(=O)c1ccccc1N/C=C(/C#N)C(=O)Nc1ccc(I)cc1C. The van der Waals surface area contributed by atoms with Crippen molar-refractivity contribution in [3.05, 3.63) is 68.9 Å². The quantitative estimate of drug-likeness (QED) is 0.174. The molecule has 0 saturated carbocycles. The second kappa shape index (κ2) is 11.2. The lowest BCUT2D eigenvalue weighted by molar-refractivity contribution is -0.112. The van der Waals surface area contributed by atoms with Crippen LogP contribution in [0.25, 0.3) is 0 Å². The third-order valence-corrected chi connectivity index (χ3v) is 4.72. The van der Waals surface area contributed by atoms with Gasteiger partial charge in [-0.1, -0.05) is 25.5 Å². The minimum Gasteiger partial charge on any atom is -0.462 e. The number of anilines is 2. The van der Waals surface area contributed by atoms with Gasteiger partial charge in [-0.2, -0.15) is 5.26 Å². The molecule has 0 radical (unpaired) electrons. The molecule has 150 valence electrons. The zero-order chi connectivity index (χ0) is 21.2. The Hall–Kier alpha value is -2.86. The van der Waals surface area contributed by atoms with E-state index in [2.05, 4.69) is 33.2 Å². The second-order valence-electron chi connectivity index (χ2n) is 6.26. The van der Waals surface area contributed by atoms with Crippen LogP contribution in [-0.4, -0.2) is 18.5 Å². The molecule has 29 heavy (non-hydrogen) atoms. The van der Waals surface area contributed by atoms with E-state index in [0.29, 0.717) is 23.5 Å². The molecule has 0 aliphatic carbocycles. The smallest absolute Gasteiger partial charge is 0.340 e. The molecule has 0 atom stereocenters. The van der Waals surface area contributed by atoms with Gasteiger partial charge in [0.1, 0.15) is 11.6 Å². The van der Waals surface area contributed by atoms with Crippen LogP contribution in [0.5, 0.6) is 0 Å². The second-order valence-corrected chi connectivity index (χ2v) is 7.51. The molecule has 0 spiro atoms. The largest absolute Gasteiger partial charge is 0.462 e. The number of ether oxygens (including phenoxy) is 1. The first-order valence-electron chi connectivity index (χ1n) is 9.16. The molecule has 0 aliphatic rings. The molecule has 0 heterocycles. The van der Waals surface area contributed by atoms with Gasteiger partial charge in [0.05, 0.1) is 17.9 Å². The highest BCUT2D eigenvalue weighted by molar-refractivity contribution is 14.1. The summed E-state index contributed by atoms with van der Waals surface area (Å²) in [6.07, 6.45) is 3.00. The first-order chi connectivity index (χ1) is 14.0. The van der Waals surface area contributed by atoms with Gasteiger partial charge in [0, 0.05) is 15.5 Å². The maximum absolute atomic E-state index is 12.5. The van der Waals surface area contributed by atoms with E-state index >= 15 is 0 Å². The van der Waals surface area contributed by atoms with E-state index in [1.54, 1.807) is 30.3 Å². The minimum atomic E-state index is -0.535. The Bertz CT molecular complexity index is 964. The Morgan fingerprint density at radius 2 is 1.97 bits per heavy atom. The Balaban J connectivity index is 2.13. The summed E-state index contributed by atoms with van der Waals surface area (Å²) in [5.74, 6) is -0.986. The number of carbonyl (C=O) groups is 2. The van der Waals surface area contributed by atoms with Crippen molar-refractivity contribution in [2.24, 2.45) is 0 Å². The van der Waals surface area contributed by atoms with E-state index in [0.717, 1.165) is 22.0 Å². The Morgan fingerprint density at radius 1 is 1.21 bits per heavy atom. The van der Waals surface area contributed by atoms with Gasteiger partial charge in [0.2, 0.25) is 0 Å². The van der Waals surface area contributed by atoms with Crippen LogP contribution >= 0.6 is 22.6 Å². The van der Waals surface area contributed by atoms with Crippen molar-refractivity contribution in [2.75, 3.05) is 17.2 Å². The zero-order valence-electron chi connectivity index (χ0n) is 16.3. The van der Waals surface area contributed by atoms with E-state index in [4.69, 9.17) is 4.74 Å². The lowest BCUT2D eigenvalue weighted by atomic mass is 10.1. The van der Waals surface area contributed by atoms with Gasteiger partial charge in [-0.25, -0.2) is 4.79 Å². The molecule has 2 aromatic rings. The molecule has 1 amide bonds. The molecule has 0 saturated heterocycles. The van der Waals surface area contributed by atoms with Crippen molar-refractivity contribution in [1.82, 2.24) is 0 Å². The number of carbonyl (C=O) groups excluding carboxylic acids is 2. The first-order valence-corrected chi connectivity index (χ1v) is 10.2. The van der Waals surface area contributed by atoms with Gasteiger partial charge in [-0.05, 0) is 71.8 Å². The number of para-hydroxylation sites is 1. The van der Waals surface area contributed by atoms with Gasteiger partial charge in [-0.15, -0.1) is 0 Å². The highest BCUT2D eigenvalue weighted by atomic mass is 127. The highest BCUT2D eigenvalue weighted by Crippen LogP contribution is 2.19. The van der Waals surface area contributed by atoms with Crippen LogP contribution in [0.2, 0.25) is 0 Å². The summed E-state index contributed by atoms with van der Waals surface area (Å²) >= 11 is 2.19. The molecule has 0 unspecified atom stereocenters. The Morgan fingerprint density at radius 3 is 2.66 bits per heavy atom. The Kier molecular flexibility index (Phi) is 8.68. The van der Waals surface area contributed by atoms with Crippen molar-refractivity contribution >= 4 is 45.8 Å². The van der Waals surface area contributed by atoms with Crippen molar-refractivity contribution < 1.29 is 14.3 Å². The molecule has 0 fully saturated rings. The first kappa shape index (κ1) is 22.4. The summed E-state index contributed by atoms with van der Waals surface area (Å²) in [5.41, 5.74) is 2.22. The summed E-state index contributed by atoms with van der Waals surface area (Å²) in [5, 5.41) is 15.0. The lowest BCUT2D eigenvalue weighted by Gasteiger charge is -2.10. The molecule has 7 heteroatoms. The van der Waals surface area contributed by atoms with E-state index in [1.807, 2.05) is 32.0 Å². The Labute approximate surface area is 184 Å². The number of unbranched alkanes of at least 4 members (excludes halogenated alkanes) is 1. The van der Waals surface area contributed by atoms with Crippen LogP contribution in [0.4, 0.5) is 11.4 Å². The zero-order valence-corrected chi connectivity index (χ0v) is 18.4. The summed E-state index contributed by atoms with van der Waals surface area (Å²) in [6.45, 7) is 4.24. The summed E-state index contributed by atoms with van der Waals surface area (Å²) in [6, 6.07) is 14.3. The molecule has 2 aromatic carbocycles. The van der Waals surface area contributed by atoms with Gasteiger partial charge >= 0.3 is 5.97 Å². The number of halogens is 1. The van der Waals surface area contributed by atoms with Gasteiger partial charge < -0.3 is 15.4 Å². The summed E-state index contributed by atoms with van der Waals surface area (Å²) in [4.78, 5) is 24.7. The highest BCUT2D eigenvalue weighted by Gasteiger charge is 2.14. The maximum atomic E-state index is 12.5. The average Bonchev–Trinajstić information content (AvgIpc) is 2.71. The molecule has 2 N–H and O–H groups in total. The number of amides is 1. The van der Waals surface area contributed by atoms with E-state index < -0.39 is 11.9 Å². The van der Waals surface area contributed by atoms with E-state index in [-0.39, 0.29) is 5.57 Å². The molecule has 2 rings (SSSR count). The van der Waals surface area contributed by atoms with Gasteiger partial charge in [0.25, 0.3) is 5.91 Å². The lowest BCUT2D eigenvalue weighted by Crippen LogP contribution is -2.16. The number of nitrogens with one attached hydrogen (secondary N) is 2. The van der Waals surface area contributed by atoms with Crippen LogP contribution in [0.1, 0.15) is 35.7 Å². The molecule has 0 aromatic heterocycles. The number of esters is 1. The fourth-order valence-electron chi connectivity index (χ4n) is 2.43. The number of benzene rings is 2. The van der Waals surface area contributed by atoms with Crippen LogP contribution in [0.3, 0.4) is 0 Å². The molecular weight excluding hydrogens is 481 g/mol. The summed E-state index contributed by atoms with van der Waals surface area (Å²) < 4.78 is 6.30. The standard InChI is InChI=1S/C22H22IN3O3/c1-3-4-11-29-22(28)18-7-5-6-8-20(18)25-14-16(13-24)21(27)26-19-10-9-17(23)12-15(19)2/h5-10,12,14,25H,3-4,11H2,1-2H3,(H,26,27)/b16-14-. The number of hydrogen-bond donors (Lipinski definition) is 2. The monoisotopic (exact) mass is 503 g/mol. The molecule has 0 aliphatic heterocycles. The van der Waals surface area contributed by atoms with Crippen molar-refractivity contribution in [3.63, 3.8) is 0 Å². The number of hydrogen-bond acceptors (Lipinski definition) is 5. The molecule has 0 bridgehead atoms. The van der Waals surface area contributed by atoms with E-state index in [9.17, 15) is 14.9 Å². The number of nitriles is 1. The average molecular weight is 503 g/mol. The molecule has 6 nitrogen and oxygen atoms in total. The third kappa shape index (κ3) is 6.61. The van der Waals surface area contributed by atoms with E-state index in [1.165, 1.54) is 6.20 Å². The minimum absolute atomic E-state index is 0.114. The van der Waals surface area contributed by atoms with Crippen molar-refractivity contribution in [1.29, 1.82) is 5.26 Å². The topological polar surface area (TPSA) is 91.2 Å².